The number of benzene rings is 1. The van der Waals surface area contributed by atoms with Crippen LogP contribution >= 0.6 is 11.8 Å². The molecule has 6 nitrogen and oxygen atoms in total. The lowest BCUT2D eigenvalue weighted by Gasteiger charge is -2.08. The smallest absolute Gasteiger partial charge is 0.200 e. The van der Waals surface area contributed by atoms with Gasteiger partial charge in [0, 0.05) is 17.3 Å². The van der Waals surface area contributed by atoms with Crippen molar-refractivity contribution in [3.8, 4) is 0 Å². The summed E-state index contributed by atoms with van der Waals surface area (Å²) >= 11 is 1.28. The molecule has 0 aliphatic rings. The van der Waals surface area contributed by atoms with E-state index in [4.69, 9.17) is 5.73 Å². The quantitative estimate of drug-likeness (QED) is 0.741. The zero-order chi connectivity index (χ0) is 15.0. The minimum absolute atomic E-state index is 0.126. The molecular formula is C13H12N4O2S2. The van der Waals surface area contributed by atoms with Gasteiger partial charge in [0.25, 0.3) is 0 Å². The predicted molar refractivity (Wildman–Crippen MR) is 81.1 cm³/mol. The van der Waals surface area contributed by atoms with Crippen LogP contribution in [0.5, 0.6) is 0 Å². The van der Waals surface area contributed by atoms with Gasteiger partial charge in [-0.05, 0) is 36.0 Å². The van der Waals surface area contributed by atoms with Gasteiger partial charge < -0.3 is 5.73 Å². The maximum Gasteiger partial charge on any atom is 0.200 e. The summed E-state index contributed by atoms with van der Waals surface area (Å²) in [5, 5.41) is 8.77. The van der Waals surface area contributed by atoms with Crippen molar-refractivity contribution in [1.82, 2.24) is 14.6 Å². The molecule has 0 atom stereocenters. The second-order valence-electron chi connectivity index (χ2n) is 4.45. The Bertz CT molecular complexity index is 919. The van der Waals surface area contributed by atoms with Crippen LogP contribution in [0.15, 0.2) is 57.5 Å². The van der Waals surface area contributed by atoms with Crippen LogP contribution in [0, 0.1) is 0 Å². The molecule has 0 unspecified atom stereocenters. The molecule has 2 aromatic heterocycles. The zero-order valence-electron chi connectivity index (χ0n) is 11.1. The van der Waals surface area contributed by atoms with Crippen LogP contribution in [0.2, 0.25) is 0 Å². The fraction of sp³-hybridized carbons (Fsp3) is 0.0769. The van der Waals surface area contributed by atoms with E-state index < -0.39 is 9.84 Å². The molecule has 0 saturated carbocycles. The fourth-order valence-electron chi connectivity index (χ4n) is 1.92. The van der Waals surface area contributed by atoms with Crippen LogP contribution in [0.4, 0.5) is 5.69 Å². The van der Waals surface area contributed by atoms with Crippen LogP contribution in [-0.4, -0.2) is 29.3 Å². The number of pyridine rings is 1. The number of nitrogens with zero attached hydrogens (tertiary/aromatic N) is 3. The minimum atomic E-state index is -3.36. The molecule has 0 spiro atoms. The van der Waals surface area contributed by atoms with Gasteiger partial charge in [-0.2, -0.15) is 0 Å². The van der Waals surface area contributed by atoms with Crippen molar-refractivity contribution in [2.75, 3.05) is 12.0 Å². The first-order valence-corrected chi connectivity index (χ1v) is 8.74. The topological polar surface area (TPSA) is 90.3 Å². The number of hydrogen-bond donors (Lipinski definition) is 1. The van der Waals surface area contributed by atoms with Gasteiger partial charge in [-0.3, -0.25) is 4.40 Å². The molecule has 0 radical (unpaired) electrons. The third kappa shape index (κ3) is 2.59. The Hall–Kier alpha value is -2.06. The van der Waals surface area contributed by atoms with Crippen LogP contribution in [-0.2, 0) is 9.84 Å². The molecule has 3 rings (SSSR count). The standard InChI is InChI=1S/C13H12N4O2S2/c1-21(18,19)10-6-4-5-9(12(10)14)20-13-16-15-11-7-2-3-8-17(11)13/h2-8H,14H2,1H3. The van der Waals surface area contributed by atoms with Crippen molar-refractivity contribution < 1.29 is 8.42 Å². The van der Waals surface area contributed by atoms with E-state index in [0.717, 1.165) is 11.9 Å². The number of anilines is 1. The second-order valence-corrected chi connectivity index (χ2v) is 7.45. The molecule has 2 N–H and O–H groups in total. The predicted octanol–water partition coefficient (Wildman–Crippen LogP) is 1.87. The van der Waals surface area contributed by atoms with Gasteiger partial charge in [0.05, 0.1) is 10.6 Å². The number of nitrogens with two attached hydrogens (primary N) is 1. The Balaban J connectivity index is 2.07. The normalized spacial score (nSPS) is 11.9. The Kier molecular flexibility index (Phi) is 3.34. The molecule has 0 saturated heterocycles. The van der Waals surface area contributed by atoms with Crippen LogP contribution in [0.25, 0.3) is 5.65 Å². The average molecular weight is 320 g/mol. The molecule has 21 heavy (non-hydrogen) atoms. The monoisotopic (exact) mass is 320 g/mol. The van der Waals surface area contributed by atoms with Gasteiger partial charge in [-0.25, -0.2) is 8.42 Å². The molecule has 2 heterocycles. The van der Waals surface area contributed by atoms with E-state index in [9.17, 15) is 8.42 Å². The molecule has 0 aliphatic carbocycles. The third-order valence-corrected chi connectivity index (χ3v) is 5.10. The van der Waals surface area contributed by atoms with Gasteiger partial charge in [0.1, 0.15) is 0 Å². The maximum absolute atomic E-state index is 11.7. The highest BCUT2D eigenvalue weighted by Crippen LogP contribution is 2.34. The zero-order valence-corrected chi connectivity index (χ0v) is 12.7. The largest absolute Gasteiger partial charge is 0.397 e. The van der Waals surface area contributed by atoms with Gasteiger partial charge in [-0.15, -0.1) is 10.2 Å². The number of sulfone groups is 1. The summed E-state index contributed by atoms with van der Waals surface area (Å²) in [4.78, 5) is 0.761. The van der Waals surface area contributed by atoms with Gasteiger partial charge in [0.2, 0.25) is 5.16 Å². The highest BCUT2D eigenvalue weighted by atomic mass is 32.2. The highest BCUT2D eigenvalue weighted by Gasteiger charge is 2.16. The summed E-state index contributed by atoms with van der Waals surface area (Å²) in [6.07, 6.45) is 2.98. The Morgan fingerprint density at radius 2 is 1.95 bits per heavy atom. The van der Waals surface area contributed by atoms with E-state index in [1.54, 1.807) is 12.1 Å². The van der Waals surface area contributed by atoms with Crippen molar-refractivity contribution in [2.24, 2.45) is 0 Å². The summed E-state index contributed by atoms with van der Waals surface area (Å²) in [6, 6.07) is 10.5. The molecule has 8 heteroatoms. The van der Waals surface area contributed by atoms with Crippen LogP contribution in [0.3, 0.4) is 0 Å². The van der Waals surface area contributed by atoms with Gasteiger partial charge in [-0.1, -0.05) is 12.1 Å². The van der Waals surface area contributed by atoms with Crippen molar-refractivity contribution >= 4 is 32.9 Å². The first kappa shape index (κ1) is 13.9. The summed E-state index contributed by atoms with van der Waals surface area (Å²) in [5.74, 6) is 0. The Morgan fingerprint density at radius 3 is 2.71 bits per heavy atom. The number of rotatable bonds is 3. The lowest BCUT2D eigenvalue weighted by molar-refractivity contribution is 0.602. The summed E-state index contributed by atoms with van der Waals surface area (Å²) in [7, 11) is -3.36. The number of nitrogen functional groups attached to an aromatic ring is 1. The molecule has 0 amide bonds. The molecule has 1 aromatic carbocycles. The summed E-state index contributed by atoms with van der Waals surface area (Å²) in [5.41, 5.74) is 6.93. The van der Waals surface area contributed by atoms with E-state index >= 15 is 0 Å². The molecule has 0 fully saturated rings. The highest BCUT2D eigenvalue weighted by molar-refractivity contribution is 7.99. The van der Waals surface area contributed by atoms with Crippen molar-refractivity contribution in [1.29, 1.82) is 0 Å². The first-order valence-electron chi connectivity index (χ1n) is 6.03. The average Bonchev–Trinajstić information content (AvgIpc) is 2.83. The molecule has 3 aromatic rings. The molecular weight excluding hydrogens is 308 g/mol. The van der Waals surface area contributed by atoms with E-state index in [1.807, 2.05) is 28.8 Å². The lowest BCUT2D eigenvalue weighted by atomic mass is 10.3. The van der Waals surface area contributed by atoms with Crippen molar-refractivity contribution in [2.45, 2.75) is 14.9 Å². The molecule has 0 aliphatic heterocycles. The number of aromatic nitrogens is 3. The van der Waals surface area contributed by atoms with Gasteiger partial charge in [0.15, 0.2) is 15.5 Å². The van der Waals surface area contributed by atoms with Crippen molar-refractivity contribution in [3.05, 3.63) is 42.6 Å². The number of fused-ring (bicyclic) bond motifs is 1. The Labute approximate surface area is 125 Å². The summed E-state index contributed by atoms with van der Waals surface area (Å²) in [6.45, 7) is 0. The van der Waals surface area contributed by atoms with E-state index in [0.29, 0.717) is 10.1 Å². The van der Waals surface area contributed by atoms with E-state index in [-0.39, 0.29) is 10.6 Å². The first-order chi connectivity index (χ1) is 9.97. The minimum Gasteiger partial charge on any atom is -0.397 e. The van der Waals surface area contributed by atoms with Crippen molar-refractivity contribution in [3.63, 3.8) is 0 Å². The van der Waals surface area contributed by atoms with Gasteiger partial charge >= 0.3 is 0 Å². The third-order valence-electron chi connectivity index (χ3n) is 2.91. The molecule has 0 bridgehead atoms. The van der Waals surface area contributed by atoms with E-state index in [2.05, 4.69) is 10.2 Å². The fourth-order valence-corrected chi connectivity index (χ4v) is 3.72. The maximum atomic E-state index is 11.7. The number of hydrogen-bond acceptors (Lipinski definition) is 6. The second kappa shape index (κ2) is 5.05. The van der Waals surface area contributed by atoms with Crippen LogP contribution < -0.4 is 5.73 Å². The van der Waals surface area contributed by atoms with Crippen LogP contribution in [0.1, 0.15) is 0 Å². The molecule has 108 valence electrons. The lowest BCUT2D eigenvalue weighted by Crippen LogP contribution is -2.03. The SMILES string of the molecule is CS(=O)(=O)c1cccc(Sc2nnc3ccccn23)c1N. The van der Waals surface area contributed by atoms with E-state index in [1.165, 1.54) is 17.8 Å². The summed E-state index contributed by atoms with van der Waals surface area (Å²) < 4.78 is 25.2. The Morgan fingerprint density at radius 1 is 1.14 bits per heavy atom. The number of para-hydroxylation sites is 1.